The largest absolute Gasteiger partial charge is 0.511 e. The zero-order valence-corrected chi connectivity index (χ0v) is 50.5. The molecule has 4 aliphatic heterocycles. The topological polar surface area (TPSA) is 321 Å². The number of sulfonamides is 4. The highest BCUT2D eigenvalue weighted by molar-refractivity contribution is 7.93. The number of hydrogen-bond donors (Lipinski definition) is 4. The Bertz CT molecular complexity index is 2970. The lowest BCUT2D eigenvalue weighted by Gasteiger charge is -2.27. The van der Waals surface area contributed by atoms with Gasteiger partial charge in [0.05, 0.1) is 46.0 Å². The van der Waals surface area contributed by atoms with Crippen molar-refractivity contribution >= 4 is 79.4 Å². The summed E-state index contributed by atoms with van der Waals surface area (Å²) in [6, 6.07) is 0. The molecule has 4 heterocycles. The van der Waals surface area contributed by atoms with E-state index in [1.165, 1.54) is 18.9 Å². The van der Waals surface area contributed by atoms with Crippen LogP contribution in [0.25, 0.3) is 0 Å². The predicted molar refractivity (Wildman–Crippen MR) is 265 cm³/mol. The lowest BCUT2D eigenvalue weighted by molar-refractivity contribution is -0.241. The Kier molecular flexibility index (Phi) is 28.2. The fraction of sp³-hybridized carbons (Fsp3) is 1.00. The number of sulfone groups is 4. The van der Waals surface area contributed by atoms with Crippen LogP contribution in [-0.2, 0) is 79.4 Å². The van der Waals surface area contributed by atoms with E-state index in [-0.39, 0.29) is 135 Å². The molecule has 0 radical (unpaired) electrons. The standard InChI is InChI=1S/C11H16F7NO4S2.C10H17F4NO4S2.C9H14F5NO4S2.C8H14F3NO4S2/c12-9(13,7-10(14,15)16)11(17,18)25(22,23)19-4-1-8-2-5-24(20,21)6-3-8;1-9(11,12)10(13,14)21(18,19)15-5-2-8-3-6-20(16,17)7-4-8;10-8(11,12)9(13,14)21(18,19)15-4-1-7-2-5-20(16,17)6-3-7;9-8(10,11)18(15,16)12-4-1-7-2-5-17(13,14)6-3-7/h8,19H,1-7H2;8,15H,2-7H2,1H3;7,15H,1-6H2;7,12H,1-6H2. The van der Waals surface area contributed by atoms with E-state index in [2.05, 4.69) is 0 Å². The molecule has 4 rings (SSSR count). The van der Waals surface area contributed by atoms with Crippen LogP contribution in [0.5, 0.6) is 0 Å². The van der Waals surface area contributed by atoms with Crippen molar-refractivity contribution in [2.45, 2.75) is 136 Å². The zero-order chi connectivity index (χ0) is 66.8. The number of nitrogens with one attached hydrogen (secondary N) is 4. The number of hydrogen-bond acceptors (Lipinski definition) is 16. The molecule has 4 fully saturated rings. The number of halogens is 19. The van der Waals surface area contributed by atoms with Crippen molar-refractivity contribution in [2.75, 3.05) is 72.2 Å². The summed E-state index contributed by atoms with van der Waals surface area (Å²) in [6.07, 6.45) is -12.8. The second kappa shape index (κ2) is 29.6. The Morgan fingerprint density at radius 3 is 0.753 bits per heavy atom. The van der Waals surface area contributed by atoms with Crippen LogP contribution in [0.1, 0.15) is 90.4 Å². The Labute approximate surface area is 478 Å². The van der Waals surface area contributed by atoms with Gasteiger partial charge in [0.25, 0.3) is 30.1 Å². The SMILES string of the molecule is CC(F)(F)C(F)(F)S(=O)(=O)NCCC1CCS(=O)(=O)CC1.O=S1(=O)CCC(CCNS(=O)(=O)C(F)(F)C(F)(F)CC(F)(F)F)CC1.O=S1(=O)CCC(CCNS(=O)(=O)C(F)(F)C(F)(F)F)CC1.O=S1(=O)CCC(CCNS(=O)(=O)C(F)(F)F)CC1. The van der Waals surface area contributed by atoms with Gasteiger partial charge in [-0.2, -0.15) is 83.4 Å². The smallest absolute Gasteiger partial charge is 0.229 e. The maximum Gasteiger partial charge on any atom is 0.511 e. The van der Waals surface area contributed by atoms with Gasteiger partial charge in [-0.15, -0.1) is 0 Å². The summed E-state index contributed by atoms with van der Waals surface area (Å²) >= 11 is 0. The molecule has 0 amide bonds. The van der Waals surface area contributed by atoms with Crippen molar-refractivity contribution < 1.29 is 151 Å². The van der Waals surface area contributed by atoms with E-state index in [1.807, 2.05) is 0 Å². The molecule has 0 atom stereocenters. The molecule has 0 aromatic rings. The maximum absolute atomic E-state index is 13.4. The molecule has 0 aliphatic carbocycles. The van der Waals surface area contributed by atoms with E-state index in [4.69, 9.17) is 0 Å². The fourth-order valence-corrected chi connectivity index (χ4v) is 17.6. The van der Waals surface area contributed by atoms with Gasteiger partial charge in [0.15, 0.2) is 0 Å². The molecular weight excluding hydrogens is 1390 g/mol. The highest BCUT2D eigenvalue weighted by Gasteiger charge is 2.69. The maximum atomic E-state index is 13.4. The molecule has 0 aromatic heterocycles. The van der Waals surface area contributed by atoms with Gasteiger partial charge in [0, 0.05) is 33.1 Å². The average molecular weight is 1450 g/mol. The third-order valence-electron chi connectivity index (χ3n) is 13.1. The van der Waals surface area contributed by atoms with E-state index >= 15 is 0 Å². The lowest BCUT2D eigenvalue weighted by atomic mass is 9.99. The molecule has 4 saturated heterocycles. The molecule has 4 N–H and O–H groups in total. The summed E-state index contributed by atoms with van der Waals surface area (Å²) in [5, 5.41) is -17.0. The number of rotatable bonds is 22. The molecule has 47 heteroatoms. The summed E-state index contributed by atoms with van der Waals surface area (Å²) in [6.45, 7) is -2.24. The van der Waals surface area contributed by atoms with Crippen LogP contribution in [0, 0.1) is 23.7 Å². The molecule has 20 nitrogen and oxygen atoms in total. The van der Waals surface area contributed by atoms with Gasteiger partial charge in [-0.25, -0.2) is 86.2 Å². The van der Waals surface area contributed by atoms with Crippen LogP contribution in [-0.4, -0.2) is 185 Å². The summed E-state index contributed by atoms with van der Waals surface area (Å²) in [7, 11) is -35.1. The van der Waals surface area contributed by atoms with Crippen LogP contribution < -0.4 is 18.9 Å². The van der Waals surface area contributed by atoms with E-state index < -0.39 is 151 Å². The van der Waals surface area contributed by atoms with E-state index in [1.54, 1.807) is 0 Å². The Hall–Kier alpha value is -1.89. The lowest BCUT2D eigenvalue weighted by Crippen LogP contribution is -2.53. The Morgan fingerprint density at radius 2 is 0.553 bits per heavy atom. The van der Waals surface area contributed by atoms with Gasteiger partial charge < -0.3 is 0 Å². The quantitative estimate of drug-likeness (QED) is 0.0961. The van der Waals surface area contributed by atoms with Crippen LogP contribution >= 0.6 is 0 Å². The minimum absolute atomic E-state index is 0.00267. The molecule has 510 valence electrons. The molecule has 0 spiro atoms. The third-order valence-corrected chi connectivity index (χ3v) is 25.8. The molecular formula is C38H61F19N4O16S8. The first kappa shape index (κ1) is 81.1. The molecule has 0 aromatic carbocycles. The first-order valence-corrected chi connectivity index (χ1v) is 37.7. The Morgan fingerprint density at radius 1 is 0.341 bits per heavy atom. The van der Waals surface area contributed by atoms with Gasteiger partial charge in [-0.1, -0.05) is 0 Å². The summed E-state index contributed by atoms with van der Waals surface area (Å²) < 4.78 is 420. The first-order valence-electron chi connectivity index (χ1n) is 24.5. The molecule has 0 saturated carbocycles. The van der Waals surface area contributed by atoms with Crippen molar-refractivity contribution in [3.63, 3.8) is 0 Å². The monoisotopic (exact) mass is 1450 g/mol. The highest BCUT2D eigenvalue weighted by atomic mass is 32.2. The summed E-state index contributed by atoms with van der Waals surface area (Å²) in [5.74, 6) is -11.8. The van der Waals surface area contributed by atoms with Crippen LogP contribution in [0.15, 0.2) is 0 Å². The van der Waals surface area contributed by atoms with Gasteiger partial charge in [-0.3, -0.25) is 0 Å². The van der Waals surface area contributed by atoms with Crippen LogP contribution in [0.3, 0.4) is 0 Å². The third kappa shape index (κ3) is 25.7. The minimum Gasteiger partial charge on any atom is -0.229 e. The van der Waals surface area contributed by atoms with Crippen molar-refractivity contribution in [2.24, 2.45) is 23.7 Å². The molecule has 4 aliphatic rings. The van der Waals surface area contributed by atoms with E-state index in [0.29, 0.717) is 25.7 Å². The summed E-state index contributed by atoms with van der Waals surface area (Å²) in [4.78, 5) is 0. The highest BCUT2D eigenvalue weighted by Crippen LogP contribution is 2.45. The van der Waals surface area contributed by atoms with Gasteiger partial charge in [0.2, 0.25) is 0 Å². The Balaban J connectivity index is 0.000000570. The number of alkyl halides is 19. The van der Waals surface area contributed by atoms with Gasteiger partial charge >= 0.3 is 55.5 Å². The minimum atomic E-state index is -6.20. The second-order valence-corrected chi connectivity index (χ2v) is 36.4. The predicted octanol–water partition coefficient (Wildman–Crippen LogP) is 5.59. The average Bonchev–Trinajstić information content (AvgIpc) is 3.51. The molecule has 0 unspecified atom stereocenters. The van der Waals surface area contributed by atoms with Gasteiger partial charge in [0.1, 0.15) is 45.8 Å². The van der Waals surface area contributed by atoms with Crippen molar-refractivity contribution in [1.82, 2.24) is 18.9 Å². The summed E-state index contributed by atoms with van der Waals surface area (Å²) in [5.41, 5.74) is -5.30. The van der Waals surface area contributed by atoms with Crippen molar-refractivity contribution in [1.29, 1.82) is 0 Å². The molecule has 85 heavy (non-hydrogen) atoms. The fourth-order valence-electron chi connectivity index (χ4n) is 7.79. The molecule has 0 bridgehead atoms. The van der Waals surface area contributed by atoms with Crippen LogP contribution in [0.2, 0.25) is 0 Å². The van der Waals surface area contributed by atoms with E-state index in [0.717, 1.165) is 0 Å². The van der Waals surface area contributed by atoms with Crippen LogP contribution in [0.4, 0.5) is 83.4 Å². The normalized spacial score (nSPS) is 21.3. The van der Waals surface area contributed by atoms with E-state index in [9.17, 15) is 151 Å². The second-order valence-electron chi connectivity index (χ2n) is 20.0. The van der Waals surface area contributed by atoms with Gasteiger partial charge in [-0.05, 0) is 101 Å². The van der Waals surface area contributed by atoms with Crippen molar-refractivity contribution in [3.8, 4) is 0 Å². The first-order chi connectivity index (χ1) is 37.6. The zero-order valence-electron chi connectivity index (χ0n) is 44.0. The van der Waals surface area contributed by atoms with Crippen molar-refractivity contribution in [3.05, 3.63) is 0 Å².